The van der Waals surface area contributed by atoms with Gasteiger partial charge in [-0.15, -0.1) is 0 Å². The van der Waals surface area contributed by atoms with Crippen molar-refractivity contribution in [1.29, 1.82) is 0 Å². The second-order valence-corrected chi connectivity index (χ2v) is 6.33. The maximum absolute atomic E-state index is 4.59. The summed E-state index contributed by atoms with van der Waals surface area (Å²) in [6, 6.07) is 6.04. The Kier molecular flexibility index (Phi) is 4.33. The zero-order valence-corrected chi connectivity index (χ0v) is 13.6. The molecule has 3 rings (SSSR count). The van der Waals surface area contributed by atoms with Crippen molar-refractivity contribution in [3.05, 3.63) is 46.0 Å². The van der Waals surface area contributed by atoms with E-state index in [-0.39, 0.29) is 0 Å². The number of pyridine rings is 1. The van der Waals surface area contributed by atoms with Gasteiger partial charge < -0.3 is 0 Å². The molecule has 0 atom stereocenters. The van der Waals surface area contributed by atoms with Crippen molar-refractivity contribution in [2.45, 2.75) is 24.7 Å². The van der Waals surface area contributed by atoms with E-state index in [1.54, 1.807) is 11.8 Å². The average molecular weight is 351 g/mol. The zero-order chi connectivity index (χ0) is 13.9. The summed E-state index contributed by atoms with van der Waals surface area (Å²) in [4.78, 5) is 15.8. The highest BCUT2D eigenvalue weighted by molar-refractivity contribution is 9.10. The summed E-state index contributed by atoms with van der Waals surface area (Å²) in [7, 11) is 0. The van der Waals surface area contributed by atoms with E-state index in [0.717, 1.165) is 41.5 Å². The van der Waals surface area contributed by atoms with Gasteiger partial charge in [-0.25, -0.2) is 15.0 Å². The molecule has 0 spiro atoms. The van der Waals surface area contributed by atoms with Crippen molar-refractivity contribution in [2.24, 2.45) is 0 Å². The summed E-state index contributed by atoms with van der Waals surface area (Å²) in [6.07, 6.45) is 4.96. The second kappa shape index (κ2) is 6.20. The molecule has 6 heteroatoms. The molecule has 0 bridgehead atoms. The first-order chi connectivity index (χ1) is 9.74. The molecule has 0 saturated heterocycles. The smallest absolute Gasteiger partial charge is 0.187 e. The van der Waals surface area contributed by atoms with Gasteiger partial charge in [0.05, 0.1) is 11.4 Å². The molecule has 3 heterocycles. The minimum absolute atomic E-state index is 0.864. The molecule has 4 nitrogen and oxygen atoms in total. The first kappa shape index (κ1) is 14.0. The molecule has 0 radical (unpaired) electrons. The zero-order valence-electron chi connectivity index (χ0n) is 11.2. The minimum atomic E-state index is 0.864. The highest BCUT2D eigenvalue weighted by atomic mass is 79.9. The Morgan fingerprint density at radius 2 is 2.25 bits per heavy atom. The molecule has 1 aliphatic heterocycles. The van der Waals surface area contributed by atoms with Crippen molar-refractivity contribution in [3.63, 3.8) is 0 Å². The Morgan fingerprint density at radius 1 is 1.35 bits per heavy atom. The number of nitrogens with zero attached hydrogens (tertiary/aromatic N) is 4. The molecular weight excluding hydrogens is 336 g/mol. The summed E-state index contributed by atoms with van der Waals surface area (Å²) in [5.74, 6) is 0. The molecule has 0 saturated carbocycles. The molecule has 1 aliphatic rings. The molecule has 0 aliphatic carbocycles. The molecule has 0 N–H and O–H groups in total. The van der Waals surface area contributed by atoms with E-state index in [0.29, 0.717) is 0 Å². The minimum Gasteiger partial charge on any atom is -0.293 e. The second-order valence-electron chi connectivity index (χ2n) is 4.74. The Bertz CT molecular complexity index is 620. The molecule has 0 amide bonds. The van der Waals surface area contributed by atoms with Crippen LogP contribution >= 0.6 is 27.7 Å². The lowest BCUT2D eigenvalue weighted by atomic mass is 10.1. The van der Waals surface area contributed by atoms with E-state index in [4.69, 9.17) is 0 Å². The number of rotatable bonds is 3. The van der Waals surface area contributed by atoms with E-state index >= 15 is 0 Å². The number of hydrogen-bond acceptors (Lipinski definition) is 5. The number of hydrogen-bond donors (Lipinski definition) is 0. The van der Waals surface area contributed by atoms with E-state index < -0.39 is 0 Å². The predicted octanol–water partition coefficient (Wildman–Crippen LogP) is 2.91. The van der Waals surface area contributed by atoms with Gasteiger partial charge in [-0.2, -0.15) is 0 Å². The Labute approximate surface area is 131 Å². The van der Waals surface area contributed by atoms with Gasteiger partial charge in [-0.05, 0) is 34.3 Å². The summed E-state index contributed by atoms with van der Waals surface area (Å²) in [5.41, 5.74) is 3.52. The van der Waals surface area contributed by atoms with Crippen LogP contribution < -0.4 is 0 Å². The number of thioether (sulfide) groups is 1. The normalized spacial score (nSPS) is 15.1. The third-order valence-electron chi connectivity index (χ3n) is 3.33. The van der Waals surface area contributed by atoms with Crippen LogP contribution in [0, 0.1) is 0 Å². The molecule has 2 aromatic heterocycles. The lowest BCUT2D eigenvalue weighted by molar-refractivity contribution is 0.239. The Hall–Kier alpha value is -0.980. The summed E-state index contributed by atoms with van der Waals surface area (Å²) >= 11 is 5.01. The Morgan fingerprint density at radius 3 is 3.05 bits per heavy atom. The Balaban J connectivity index is 1.72. The van der Waals surface area contributed by atoms with E-state index in [2.05, 4.69) is 41.8 Å². The van der Waals surface area contributed by atoms with Crippen LogP contribution in [-0.2, 0) is 19.5 Å². The van der Waals surface area contributed by atoms with Gasteiger partial charge in [0.15, 0.2) is 5.16 Å². The lowest BCUT2D eigenvalue weighted by Crippen LogP contribution is -2.31. The predicted molar refractivity (Wildman–Crippen MR) is 83.6 cm³/mol. The van der Waals surface area contributed by atoms with Gasteiger partial charge in [0, 0.05) is 37.8 Å². The first-order valence-electron chi connectivity index (χ1n) is 6.47. The highest BCUT2D eigenvalue weighted by Crippen LogP contribution is 2.20. The SMILES string of the molecule is CSc1ncc2c(n1)CCN(Cc1cccc(Br)n1)C2. The van der Waals surface area contributed by atoms with Crippen LogP contribution in [0.5, 0.6) is 0 Å². The van der Waals surface area contributed by atoms with Gasteiger partial charge in [-0.3, -0.25) is 4.90 Å². The number of halogens is 1. The van der Waals surface area contributed by atoms with Crippen LogP contribution in [-0.4, -0.2) is 32.7 Å². The molecule has 0 aromatic carbocycles. The van der Waals surface area contributed by atoms with Crippen molar-refractivity contribution in [3.8, 4) is 0 Å². The topological polar surface area (TPSA) is 41.9 Å². The van der Waals surface area contributed by atoms with Crippen LogP contribution in [0.3, 0.4) is 0 Å². The van der Waals surface area contributed by atoms with Gasteiger partial charge >= 0.3 is 0 Å². The van der Waals surface area contributed by atoms with Crippen molar-refractivity contribution in [1.82, 2.24) is 19.9 Å². The third kappa shape index (κ3) is 3.19. The first-order valence-corrected chi connectivity index (χ1v) is 8.49. The fraction of sp³-hybridized carbons (Fsp3) is 0.357. The third-order valence-corrected chi connectivity index (χ3v) is 4.34. The monoisotopic (exact) mass is 350 g/mol. The van der Waals surface area contributed by atoms with Crippen LogP contribution in [0.25, 0.3) is 0 Å². The van der Waals surface area contributed by atoms with Gasteiger partial charge in [-0.1, -0.05) is 17.8 Å². The maximum atomic E-state index is 4.59. The van der Waals surface area contributed by atoms with Crippen LogP contribution in [0.15, 0.2) is 34.2 Å². The van der Waals surface area contributed by atoms with Crippen LogP contribution in [0.4, 0.5) is 0 Å². The lowest BCUT2D eigenvalue weighted by Gasteiger charge is -2.27. The van der Waals surface area contributed by atoms with Crippen molar-refractivity contribution in [2.75, 3.05) is 12.8 Å². The fourth-order valence-corrected chi connectivity index (χ4v) is 3.10. The van der Waals surface area contributed by atoms with Crippen LogP contribution in [0.2, 0.25) is 0 Å². The van der Waals surface area contributed by atoms with Crippen molar-refractivity contribution < 1.29 is 0 Å². The molecule has 0 unspecified atom stereocenters. The quantitative estimate of drug-likeness (QED) is 0.483. The van der Waals surface area contributed by atoms with E-state index in [1.807, 2.05) is 24.6 Å². The fourth-order valence-electron chi connectivity index (χ4n) is 2.36. The summed E-state index contributed by atoms with van der Waals surface area (Å²) < 4.78 is 0.889. The summed E-state index contributed by atoms with van der Waals surface area (Å²) in [6.45, 7) is 2.79. The largest absolute Gasteiger partial charge is 0.293 e. The number of aromatic nitrogens is 3. The van der Waals surface area contributed by atoms with Crippen molar-refractivity contribution >= 4 is 27.7 Å². The highest BCUT2D eigenvalue weighted by Gasteiger charge is 2.18. The van der Waals surface area contributed by atoms with Gasteiger partial charge in [0.2, 0.25) is 0 Å². The molecule has 20 heavy (non-hydrogen) atoms. The molecule has 2 aromatic rings. The van der Waals surface area contributed by atoms with E-state index in [9.17, 15) is 0 Å². The standard InChI is InChI=1S/C14H15BrN4S/c1-20-14-16-7-10-8-19(6-5-12(10)18-14)9-11-3-2-4-13(15)17-11/h2-4,7H,5-6,8-9H2,1H3. The molecule has 0 fully saturated rings. The summed E-state index contributed by atoms with van der Waals surface area (Å²) in [5, 5.41) is 0.867. The van der Waals surface area contributed by atoms with Gasteiger partial charge in [0.1, 0.15) is 4.60 Å². The number of fused-ring (bicyclic) bond motifs is 1. The molecular formula is C14H15BrN4S. The maximum Gasteiger partial charge on any atom is 0.187 e. The molecule has 104 valence electrons. The van der Waals surface area contributed by atoms with Crippen LogP contribution in [0.1, 0.15) is 17.0 Å². The van der Waals surface area contributed by atoms with Gasteiger partial charge in [0.25, 0.3) is 0 Å². The average Bonchev–Trinajstić information content (AvgIpc) is 2.47. The van der Waals surface area contributed by atoms with E-state index in [1.165, 1.54) is 11.3 Å².